The molecule has 0 radical (unpaired) electrons. The predicted octanol–water partition coefficient (Wildman–Crippen LogP) is 2.14. The molecule has 2 nitrogen and oxygen atoms in total. The molecule has 0 saturated carbocycles. The second kappa shape index (κ2) is 6.25. The lowest BCUT2D eigenvalue weighted by atomic mass is 10.1. The highest BCUT2D eigenvalue weighted by molar-refractivity contribution is 5.17. The van der Waals surface area contributed by atoms with Crippen molar-refractivity contribution in [3.05, 3.63) is 35.4 Å². The molecule has 0 aromatic heterocycles. The van der Waals surface area contributed by atoms with E-state index in [-0.39, 0.29) is 0 Å². The van der Waals surface area contributed by atoms with Crippen molar-refractivity contribution < 1.29 is 8.78 Å². The Labute approximate surface area is 107 Å². The molecular formula is C14H20F2N2. The lowest BCUT2D eigenvalue weighted by Crippen LogP contribution is -2.44. The molecule has 18 heavy (non-hydrogen) atoms. The van der Waals surface area contributed by atoms with Gasteiger partial charge in [-0.15, -0.1) is 0 Å². The number of piperazine rings is 1. The standard InChI is InChI=1S/C14H20F2N2/c1-17-5-7-18(8-6-17)4-2-3-12-9-13(15)11-14(16)10-12/h9-11H,2-8H2,1H3. The fourth-order valence-corrected chi connectivity index (χ4v) is 2.33. The van der Waals surface area contributed by atoms with Crippen molar-refractivity contribution in [3.63, 3.8) is 0 Å². The fourth-order valence-electron chi connectivity index (χ4n) is 2.33. The van der Waals surface area contributed by atoms with E-state index in [1.54, 1.807) is 0 Å². The second-order valence-electron chi connectivity index (χ2n) is 5.03. The van der Waals surface area contributed by atoms with Crippen LogP contribution >= 0.6 is 0 Å². The van der Waals surface area contributed by atoms with Crippen molar-refractivity contribution in [2.24, 2.45) is 0 Å². The lowest BCUT2D eigenvalue weighted by molar-refractivity contribution is 0.153. The number of hydrogen-bond acceptors (Lipinski definition) is 2. The van der Waals surface area contributed by atoms with Crippen LogP contribution in [0.4, 0.5) is 8.78 Å². The van der Waals surface area contributed by atoms with Crippen LogP contribution in [0.5, 0.6) is 0 Å². The molecule has 0 bridgehead atoms. The van der Waals surface area contributed by atoms with Gasteiger partial charge in [0, 0.05) is 32.2 Å². The van der Waals surface area contributed by atoms with Gasteiger partial charge in [0.1, 0.15) is 11.6 Å². The van der Waals surface area contributed by atoms with Gasteiger partial charge in [0.25, 0.3) is 0 Å². The number of nitrogens with zero attached hydrogens (tertiary/aromatic N) is 2. The van der Waals surface area contributed by atoms with Gasteiger partial charge in [-0.2, -0.15) is 0 Å². The molecule has 1 saturated heterocycles. The monoisotopic (exact) mass is 254 g/mol. The predicted molar refractivity (Wildman–Crippen MR) is 68.6 cm³/mol. The van der Waals surface area contributed by atoms with Gasteiger partial charge in [-0.25, -0.2) is 8.78 Å². The van der Waals surface area contributed by atoms with Crippen molar-refractivity contribution in [1.29, 1.82) is 0 Å². The van der Waals surface area contributed by atoms with E-state index in [0.29, 0.717) is 0 Å². The molecule has 1 aliphatic heterocycles. The summed E-state index contributed by atoms with van der Waals surface area (Å²) in [5.41, 5.74) is 0.752. The molecule has 0 unspecified atom stereocenters. The molecule has 2 rings (SSSR count). The van der Waals surface area contributed by atoms with E-state index in [2.05, 4.69) is 16.8 Å². The molecule has 1 fully saturated rings. The summed E-state index contributed by atoms with van der Waals surface area (Å²) in [5.74, 6) is -0.964. The maximum Gasteiger partial charge on any atom is 0.126 e. The second-order valence-corrected chi connectivity index (χ2v) is 5.03. The van der Waals surface area contributed by atoms with Gasteiger partial charge in [0.2, 0.25) is 0 Å². The zero-order chi connectivity index (χ0) is 13.0. The minimum Gasteiger partial charge on any atom is -0.304 e. The van der Waals surface area contributed by atoms with Crippen LogP contribution in [0.1, 0.15) is 12.0 Å². The molecule has 0 atom stereocenters. The molecule has 1 heterocycles. The third kappa shape index (κ3) is 4.03. The normalized spacial score (nSPS) is 18.2. The minimum atomic E-state index is -0.482. The first-order valence-corrected chi connectivity index (χ1v) is 6.49. The van der Waals surface area contributed by atoms with Crippen LogP contribution in [-0.4, -0.2) is 49.6 Å². The molecule has 1 aromatic rings. The highest BCUT2D eigenvalue weighted by Crippen LogP contribution is 2.10. The Bertz CT molecular complexity index is 367. The molecule has 1 aromatic carbocycles. The summed E-state index contributed by atoms with van der Waals surface area (Å²) in [6.45, 7) is 5.40. The van der Waals surface area contributed by atoms with Crippen LogP contribution in [0.3, 0.4) is 0 Å². The zero-order valence-electron chi connectivity index (χ0n) is 10.8. The Morgan fingerprint density at radius 3 is 2.22 bits per heavy atom. The summed E-state index contributed by atoms with van der Waals surface area (Å²) in [4.78, 5) is 4.73. The Morgan fingerprint density at radius 1 is 1.00 bits per heavy atom. The molecule has 0 amide bonds. The Morgan fingerprint density at radius 2 is 1.61 bits per heavy atom. The smallest absolute Gasteiger partial charge is 0.126 e. The van der Waals surface area contributed by atoms with Gasteiger partial charge in [-0.05, 0) is 44.1 Å². The zero-order valence-corrected chi connectivity index (χ0v) is 10.8. The van der Waals surface area contributed by atoms with E-state index in [0.717, 1.165) is 57.2 Å². The van der Waals surface area contributed by atoms with E-state index in [4.69, 9.17) is 0 Å². The number of rotatable bonds is 4. The van der Waals surface area contributed by atoms with E-state index < -0.39 is 11.6 Å². The molecule has 0 aliphatic carbocycles. The molecule has 100 valence electrons. The summed E-state index contributed by atoms with van der Waals surface area (Å²) in [6.07, 6.45) is 1.69. The highest BCUT2D eigenvalue weighted by atomic mass is 19.1. The molecule has 1 aliphatic rings. The van der Waals surface area contributed by atoms with Gasteiger partial charge in [-0.1, -0.05) is 0 Å². The van der Waals surface area contributed by atoms with Gasteiger partial charge >= 0.3 is 0 Å². The topological polar surface area (TPSA) is 6.48 Å². The maximum atomic E-state index is 13.0. The first-order valence-electron chi connectivity index (χ1n) is 6.49. The number of benzene rings is 1. The summed E-state index contributed by atoms with van der Waals surface area (Å²) < 4.78 is 26.0. The number of likely N-dealkylation sites (N-methyl/N-ethyl adjacent to an activating group) is 1. The Kier molecular flexibility index (Phi) is 4.66. The van der Waals surface area contributed by atoms with Crippen LogP contribution in [0.25, 0.3) is 0 Å². The highest BCUT2D eigenvalue weighted by Gasteiger charge is 2.12. The van der Waals surface area contributed by atoms with Crippen LogP contribution < -0.4 is 0 Å². The van der Waals surface area contributed by atoms with Crippen molar-refractivity contribution in [2.75, 3.05) is 39.8 Å². The molecule has 0 spiro atoms. The van der Waals surface area contributed by atoms with Crippen molar-refractivity contribution >= 4 is 0 Å². The van der Waals surface area contributed by atoms with Crippen LogP contribution in [0.15, 0.2) is 18.2 Å². The van der Waals surface area contributed by atoms with Gasteiger partial charge in [0.15, 0.2) is 0 Å². The van der Waals surface area contributed by atoms with E-state index in [1.165, 1.54) is 12.1 Å². The third-order valence-corrected chi connectivity index (χ3v) is 3.46. The van der Waals surface area contributed by atoms with E-state index >= 15 is 0 Å². The average molecular weight is 254 g/mol. The van der Waals surface area contributed by atoms with Crippen LogP contribution in [0, 0.1) is 11.6 Å². The minimum absolute atomic E-state index is 0.482. The maximum absolute atomic E-state index is 13.0. The first kappa shape index (κ1) is 13.4. The Balaban J connectivity index is 1.74. The lowest BCUT2D eigenvalue weighted by Gasteiger charge is -2.32. The fraction of sp³-hybridized carbons (Fsp3) is 0.571. The third-order valence-electron chi connectivity index (χ3n) is 3.46. The number of halogens is 2. The van der Waals surface area contributed by atoms with Gasteiger partial charge < -0.3 is 9.80 Å². The SMILES string of the molecule is CN1CCN(CCCc2cc(F)cc(F)c2)CC1. The molecule has 0 N–H and O–H groups in total. The van der Waals surface area contributed by atoms with Crippen molar-refractivity contribution in [3.8, 4) is 0 Å². The van der Waals surface area contributed by atoms with Crippen molar-refractivity contribution in [2.45, 2.75) is 12.8 Å². The summed E-state index contributed by atoms with van der Waals surface area (Å²) in [7, 11) is 2.13. The van der Waals surface area contributed by atoms with Gasteiger partial charge in [0.05, 0.1) is 0 Å². The van der Waals surface area contributed by atoms with E-state index in [9.17, 15) is 8.78 Å². The molecular weight excluding hydrogens is 234 g/mol. The first-order chi connectivity index (χ1) is 8.63. The van der Waals surface area contributed by atoms with Crippen LogP contribution in [0.2, 0.25) is 0 Å². The molecule has 4 heteroatoms. The van der Waals surface area contributed by atoms with Crippen LogP contribution in [-0.2, 0) is 6.42 Å². The van der Waals surface area contributed by atoms with E-state index in [1.807, 2.05) is 0 Å². The van der Waals surface area contributed by atoms with Crippen molar-refractivity contribution in [1.82, 2.24) is 9.80 Å². The Hall–Kier alpha value is -1.00. The summed E-state index contributed by atoms with van der Waals surface area (Å²) >= 11 is 0. The largest absolute Gasteiger partial charge is 0.304 e. The summed E-state index contributed by atoms with van der Waals surface area (Å²) in [6, 6.07) is 3.77. The quantitative estimate of drug-likeness (QED) is 0.812. The number of aryl methyl sites for hydroxylation is 1. The average Bonchev–Trinajstić information content (AvgIpc) is 2.30. The summed E-state index contributed by atoms with van der Waals surface area (Å²) in [5, 5.41) is 0. The van der Waals surface area contributed by atoms with Gasteiger partial charge in [-0.3, -0.25) is 0 Å². The number of hydrogen-bond donors (Lipinski definition) is 0.